The van der Waals surface area contributed by atoms with Gasteiger partial charge in [0.15, 0.2) is 0 Å². The number of benzene rings is 1. The molecule has 0 aliphatic carbocycles. The third-order valence-electron chi connectivity index (χ3n) is 3.26. The zero-order valence-electron chi connectivity index (χ0n) is 11.4. The maximum Gasteiger partial charge on any atom is 0.0946 e. The first-order valence-electron chi connectivity index (χ1n) is 6.48. The molecule has 0 fully saturated rings. The smallest absolute Gasteiger partial charge is 0.0946 e. The van der Waals surface area contributed by atoms with Gasteiger partial charge in [-0.3, -0.25) is 0 Å². The van der Waals surface area contributed by atoms with Crippen molar-refractivity contribution in [3.05, 3.63) is 53.6 Å². The van der Waals surface area contributed by atoms with E-state index in [4.69, 9.17) is 0 Å². The number of aryl methyl sites for hydroxylation is 2. The normalized spacial score (nSPS) is 12.6. The van der Waals surface area contributed by atoms with Crippen LogP contribution < -0.4 is 5.32 Å². The summed E-state index contributed by atoms with van der Waals surface area (Å²) in [7, 11) is 4.02. The van der Waals surface area contributed by atoms with Crippen molar-refractivity contribution >= 4 is 0 Å². The van der Waals surface area contributed by atoms with Crippen molar-refractivity contribution in [2.24, 2.45) is 7.05 Å². The van der Waals surface area contributed by atoms with Crippen molar-refractivity contribution in [2.45, 2.75) is 25.8 Å². The fraction of sp³-hybridized carbons (Fsp3) is 0.400. The molecule has 1 atom stereocenters. The van der Waals surface area contributed by atoms with E-state index in [2.05, 4.69) is 46.1 Å². The Morgan fingerprint density at radius 2 is 2.22 bits per heavy atom. The predicted molar refractivity (Wildman–Crippen MR) is 74.5 cm³/mol. The van der Waals surface area contributed by atoms with Crippen LogP contribution in [0.15, 0.2) is 36.8 Å². The lowest BCUT2D eigenvalue weighted by atomic mass is 10.00. The van der Waals surface area contributed by atoms with E-state index in [1.807, 2.05) is 26.6 Å². The topological polar surface area (TPSA) is 29.9 Å². The summed E-state index contributed by atoms with van der Waals surface area (Å²) in [5, 5.41) is 3.37. The number of nitrogens with one attached hydrogen (secondary N) is 1. The molecule has 0 amide bonds. The molecule has 3 nitrogen and oxygen atoms in total. The van der Waals surface area contributed by atoms with E-state index >= 15 is 0 Å². The second kappa shape index (κ2) is 5.83. The number of rotatable bonds is 5. The molecule has 1 unspecified atom stereocenters. The molecule has 2 rings (SSSR count). The van der Waals surface area contributed by atoms with Crippen molar-refractivity contribution in [1.82, 2.24) is 14.9 Å². The third-order valence-corrected chi connectivity index (χ3v) is 3.26. The average molecular weight is 243 g/mol. The van der Waals surface area contributed by atoms with Gasteiger partial charge in [-0.15, -0.1) is 0 Å². The van der Waals surface area contributed by atoms with Gasteiger partial charge in [0.05, 0.1) is 24.3 Å². The highest BCUT2D eigenvalue weighted by atomic mass is 15.1. The van der Waals surface area contributed by atoms with Crippen molar-refractivity contribution in [3.63, 3.8) is 0 Å². The van der Waals surface area contributed by atoms with Crippen LogP contribution in [0.4, 0.5) is 0 Å². The second-order valence-electron chi connectivity index (χ2n) is 4.65. The number of hydrogen-bond acceptors (Lipinski definition) is 2. The van der Waals surface area contributed by atoms with Crippen LogP contribution in [0, 0.1) is 0 Å². The number of aromatic nitrogens is 2. The fourth-order valence-corrected chi connectivity index (χ4v) is 2.35. The van der Waals surface area contributed by atoms with Crippen LogP contribution in [0.5, 0.6) is 0 Å². The lowest BCUT2D eigenvalue weighted by Gasteiger charge is -2.18. The van der Waals surface area contributed by atoms with Crippen molar-refractivity contribution < 1.29 is 0 Å². The fourth-order valence-electron chi connectivity index (χ4n) is 2.35. The molecule has 1 aromatic carbocycles. The van der Waals surface area contributed by atoms with Gasteiger partial charge < -0.3 is 9.88 Å². The van der Waals surface area contributed by atoms with Crippen LogP contribution in [0.3, 0.4) is 0 Å². The number of hydrogen-bond donors (Lipinski definition) is 1. The van der Waals surface area contributed by atoms with E-state index in [0.29, 0.717) is 0 Å². The van der Waals surface area contributed by atoms with Gasteiger partial charge in [-0.2, -0.15) is 0 Å². The van der Waals surface area contributed by atoms with Crippen molar-refractivity contribution in [3.8, 4) is 0 Å². The Morgan fingerprint density at radius 3 is 2.83 bits per heavy atom. The van der Waals surface area contributed by atoms with Crippen LogP contribution >= 0.6 is 0 Å². The Bertz CT molecular complexity index is 502. The van der Waals surface area contributed by atoms with Gasteiger partial charge in [0.25, 0.3) is 0 Å². The SMILES string of the molecule is CCCc1cccc(C(NC)c2cncn2C)c1. The monoisotopic (exact) mass is 243 g/mol. The minimum absolute atomic E-state index is 0.203. The first-order valence-corrected chi connectivity index (χ1v) is 6.48. The van der Waals surface area contributed by atoms with E-state index in [-0.39, 0.29) is 6.04 Å². The molecule has 0 aliphatic rings. The Labute approximate surface area is 109 Å². The Morgan fingerprint density at radius 1 is 1.39 bits per heavy atom. The van der Waals surface area contributed by atoms with Gasteiger partial charge in [-0.25, -0.2) is 4.98 Å². The number of nitrogens with zero attached hydrogens (tertiary/aromatic N) is 2. The van der Waals surface area contributed by atoms with E-state index in [0.717, 1.165) is 6.42 Å². The summed E-state index contributed by atoms with van der Waals surface area (Å²) in [5.41, 5.74) is 3.88. The molecule has 2 aromatic rings. The average Bonchev–Trinajstić information content (AvgIpc) is 2.78. The zero-order chi connectivity index (χ0) is 13.0. The Hall–Kier alpha value is -1.61. The summed E-state index contributed by atoms with van der Waals surface area (Å²) in [6, 6.07) is 9.00. The summed E-state index contributed by atoms with van der Waals surface area (Å²) in [5.74, 6) is 0. The van der Waals surface area contributed by atoms with Crippen LogP contribution in [0.25, 0.3) is 0 Å². The first kappa shape index (κ1) is 12.8. The third kappa shape index (κ3) is 2.62. The molecule has 96 valence electrons. The lowest BCUT2D eigenvalue weighted by Crippen LogP contribution is -2.20. The molecule has 0 bridgehead atoms. The van der Waals surface area contributed by atoms with Crippen molar-refractivity contribution in [1.29, 1.82) is 0 Å². The predicted octanol–water partition coefficient (Wildman–Crippen LogP) is 2.68. The summed E-state index contributed by atoms with van der Waals surface area (Å²) in [6.45, 7) is 2.21. The number of imidazole rings is 1. The first-order chi connectivity index (χ1) is 8.76. The minimum Gasteiger partial charge on any atom is -0.336 e. The van der Waals surface area contributed by atoms with E-state index < -0.39 is 0 Å². The molecule has 1 heterocycles. The zero-order valence-corrected chi connectivity index (χ0v) is 11.4. The van der Waals surface area contributed by atoms with E-state index in [9.17, 15) is 0 Å². The van der Waals surface area contributed by atoms with Crippen LogP contribution in [-0.2, 0) is 13.5 Å². The van der Waals surface area contributed by atoms with Crippen LogP contribution in [0.1, 0.15) is 36.2 Å². The van der Waals surface area contributed by atoms with Gasteiger partial charge >= 0.3 is 0 Å². The molecule has 1 aromatic heterocycles. The summed E-state index contributed by atoms with van der Waals surface area (Å²) in [4.78, 5) is 4.20. The molecular weight excluding hydrogens is 222 g/mol. The van der Waals surface area contributed by atoms with E-state index in [1.165, 1.54) is 23.2 Å². The minimum atomic E-state index is 0.203. The Balaban J connectivity index is 2.33. The van der Waals surface area contributed by atoms with E-state index in [1.54, 1.807) is 0 Å². The molecule has 1 N–H and O–H groups in total. The van der Waals surface area contributed by atoms with Crippen molar-refractivity contribution in [2.75, 3.05) is 7.05 Å². The molecule has 0 saturated heterocycles. The van der Waals surface area contributed by atoms with Gasteiger partial charge in [0, 0.05) is 7.05 Å². The van der Waals surface area contributed by atoms with Gasteiger partial charge in [-0.1, -0.05) is 37.6 Å². The molecule has 0 saturated carbocycles. The molecule has 0 radical (unpaired) electrons. The molecular formula is C15H21N3. The molecule has 18 heavy (non-hydrogen) atoms. The van der Waals surface area contributed by atoms with Crippen LogP contribution in [-0.4, -0.2) is 16.6 Å². The van der Waals surface area contributed by atoms with Gasteiger partial charge in [-0.05, 0) is 24.6 Å². The lowest BCUT2D eigenvalue weighted by molar-refractivity contribution is 0.637. The largest absolute Gasteiger partial charge is 0.336 e. The Kier molecular flexibility index (Phi) is 4.15. The highest BCUT2D eigenvalue weighted by molar-refractivity contribution is 5.31. The summed E-state index contributed by atoms with van der Waals surface area (Å²) < 4.78 is 2.06. The highest BCUT2D eigenvalue weighted by Gasteiger charge is 2.15. The quantitative estimate of drug-likeness (QED) is 0.875. The highest BCUT2D eigenvalue weighted by Crippen LogP contribution is 2.22. The summed E-state index contributed by atoms with van der Waals surface area (Å²) in [6.07, 6.45) is 6.08. The second-order valence-corrected chi connectivity index (χ2v) is 4.65. The van der Waals surface area contributed by atoms with Crippen LogP contribution in [0.2, 0.25) is 0 Å². The van der Waals surface area contributed by atoms with Gasteiger partial charge in [0.1, 0.15) is 0 Å². The van der Waals surface area contributed by atoms with Gasteiger partial charge in [0.2, 0.25) is 0 Å². The standard InChI is InChI=1S/C15H21N3/c1-4-6-12-7-5-8-13(9-12)15(16-2)14-10-17-11-18(14)3/h5,7-11,15-16H,4,6H2,1-3H3. The maximum absolute atomic E-state index is 4.20. The molecule has 3 heteroatoms. The maximum atomic E-state index is 4.20. The molecule has 0 spiro atoms. The molecule has 0 aliphatic heterocycles. The summed E-state index contributed by atoms with van der Waals surface area (Å²) >= 11 is 0.